The molecule has 2 aromatic rings. The summed E-state index contributed by atoms with van der Waals surface area (Å²) in [5.74, 6) is 1.37. The van der Waals surface area contributed by atoms with Gasteiger partial charge in [-0.25, -0.2) is 0 Å². The molecule has 3 rings (SSSR count). The van der Waals surface area contributed by atoms with E-state index >= 15 is 0 Å². The summed E-state index contributed by atoms with van der Waals surface area (Å²) in [6.07, 6.45) is 2.12. The first-order valence-corrected chi connectivity index (χ1v) is 9.54. The summed E-state index contributed by atoms with van der Waals surface area (Å²) < 4.78 is 10.6. The third-order valence-electron chi connectivity index (χ3n) is 4.84. The molecule has 1 aliphatic heterocycles. The van der Waals surface area contributed by atoms with E-state index in [0.29, 0.717) is 25.7 Å². The minimum absolute atomic E-state index is 0.0257. The Kier molecular flexibility index (Phi) is 7.25. The van der Waals surface area contributed by atoms with E-state index in [2.05, 4.69) is 16.7 Å². The van der Waals surface area contributed by atoms with Crippen LogP contribution in [0.3, 0.4) is 0 Å². The number of carbonyl (C=O) groups excluding carboxylic acids is 1. The standard InChI is InChI=1S/C22H28N2O3/c1-26-11-12-27-20-7-4-5-17(14-20)16-24-22(25)21-8-3-2-6-19(21)13-18-9-10-23-15-18/h2-8,14,18,23H,9-13,15-16H2,1H3,(H,24,25). The van der Waals surface area contributed by atoms with Gasteiger partial charge >= 0.3 is 0 Å². The lowest BCUT2D eigenvalue weighted by Gasteiger charge is -2.14. The monoisotopic (exact) mass is 368 g/mol. The number of benzene rings is 2. The molecule has 27 heavy (non-hydrogen) atoms. The average Bonchev–Trinajstić information content (AvgIpc) is 3.20. The van der Waals surface area contributed by atoms with E-state index in [1.807, 2.05) is 42.5 Å². The van der Waals surface area contributed by atoms with Crippen LogP contribution in [0.5, 0.6) is 5.75 Å². The number of carbonyl (C=O) groups is 1. The maximum absolute atomic E-state index is 12.7. The third kappa shape index (κ3) is 5.81. The second kappa shape index (κ2) is 10.1. The Labute approximate surface area is 161 Å². The fourth-order valence-corrected chi connectivity index (χ4v) is 3.39. The van der Waals surface area contributed by atoms with E-state index in [1.165, 1.54) is 6.42 Å². The summed E-state index contributed by atoms with van der Waals surface area (Å²) in [4.78, 5) is 12.7. The molecule has 1 fully saturated rings. The Morgan fingerprint density at radius 1 is 1.19 bits per heavy atom. The Balaban J connectivity index is 1.58. The van der Waals surface area contributed by atoms with Gasteiger partial charge in [0, 0.05) is 19.2 Å². The van der Waals surface area contributed by atoms with Gasteiger partial charge in [0.15, 0.2) is 0 Å². The van der Waals surface area contributed by atoms with Crippen molar-refractivity contribution in [3.8, 4) is 5.75 Å². The molecule has 1 saturated heterocycles. The SMILES string of the molecule is COCCOc1cccc(CNC(=O)c2ccccc2CC2CCNC2)c1. The summed E-state index contributed by atoms with van der Waals surface area (Å²) in [7, 11) is 1.65. The molecule has 5 heteroatoms. The van der Waals surface area contributed by atoms with Crippen LogP contribution in [0.25, 0.3) is 0 Å². The van der Waals surface area contributed by atoms with Gasteiger partial charge < -0.3 is 20.1 Å². The highest BCUT2D eigenvalue weighted by molar-refractivity contribution is 5.95. The average molecular weight is 368 g/mol. The van der Waals surface area contributed by atoms with Crippen molar-refractivity contribution in [2.24, 2.45) is 5.92 Å². The molecule has 0 aromatic heterocycles. The van der Waals surface area contributed by atoms with Crippen LogP contribution in [-0.4, -0.2) is 39.3 Å². The summed E-state index contributed by atoms with van der Waals surface area (Å²) in [5.41, 5.74) is 2.91. The predicted octanol–water partition coefficient (Wildman–Crippen LogP) is 2.79. The molecule has 1 amide bonds. The Hall–Kier alpha value is -2.37. The first kappa shape index (κ1) is 19.4. The van der Waals surface area contributed by atoms with Crippen LogP contribution in [-0.2, 0) is 17.7 Å². The molecule has 1 unspecified atom stereocenters. The van der Waals surface area contributed by atoms with Crippen LogP contribution in [0.1, 0.15) is 27.9 Å². The highest BCUT2D eigenvalue weighted by Gasteiger charge is 2.18. The third-order valence-corrected chi connectivity index (χ3v) is 4.84. The molecule has 1 heterocycles. The molecule has 0 saturated carbocycles. The van der Waals surface area contributed by atoms with Crippen molar-refractivity contribution in [2.45, 2.75) is 19.4 Å². The lowest BCUT2D eigenvalue weighted by Crippen LogP contribution is -2.24. The van der Waals surface area contributed by atoms with E-state index in [0.717, 1.165) is 42.0 Å². The number of hydrogen-bond donors (Lipinski definition) is 2. The van der Waals surface area contributed by atoms with Crippen molar-refractivity contribution in [3.63, 3.8) is 0 Å². The van der Waals surface area contributed by atoms with Crippen LogP contribution in [0, 0.1) is 5.92 Å². The highest BCUT2D eigenvalue weighted by atomic mass is 16.5. The van der Waals surface area contributed by atoms with Crippen LogP contribution < -0.4 is 15.4 Å². The summed E-state index contributed by atoms with van der Waals surface area (Å²) in [6, 6.07) is 15.7. The van der Waals surface area contributed by atoms with E-state index in [-0.39, 0.29) is 5.91 Å². The molecular formula is C22H28N2O3. The maximum atomic E-state index is 12.7. The van der Waals surface area contributed by atoms with Crippen molar-refractivity contribution < 1.29 is 14.3 Å². The van der Waals surface area contributed by atoms with Gasteiger partial charge in [-0.3, -0.25) is 4.79 Å². The van der Waals surface area contributed by atoms with Crippen molar-refractivity contribution >= 4 is 5.91 Å². The number of hydrogen-bond acceptors (Lipinski definition) is 4. The Morgan fingerprint density at radius 3 is 2.89 bits per heavy atom. The predicted molar refractivity (Wildman–Crippen MR) is 106 cm³/mol. The van der Waals surface area contributed by atoms with Crippen LogP contribution >= 0.6 is 0 Å². The topological polar surface area (TPSA) is 59.6 Å². The molecular weight excluding hydrogens is 340 g/mol. The largest absolute Gasteiger partial charge is 0.491 e. The fourth-order valence-electron chi connectivity index (χ4n) is 3.39. The maximum Gasteiger partial charge on any atom is 0.251 e. The second-order valence-corrected chi connectivity index (χ2v) is 6.89. The summed E-state index contributed by atoms with van der Waals surface area (Å²) in [6.45, 7) is 3.64. The molecule has 1 aliphatic rings. The second-order valence-electron chi connectivity index (χ2n) is 6.89. The van der Waals surface area contributed by atoms with Crippen molar-refractivity contribution in [3.05, 3.63) is 65.2 Å². The van der Waals surface area contributed by atoms with Gasteiger partial charge in [-0.1, -0.05) is 30.3 Å². The zero-order chi connectivity index (χ0) is 18.9. The number of ether oxygens (including phenoxy) is 2. The molecule has 0 radical (unpaired) electrons. The first-order chi connectivity index (χ1) is 13.3. The van der Waals surface area contributed by atoms with Crippen molar-refractivity contribution in [2.75, 3.05) is 33.4 Å². The minimum Gasteiger partial charge on any atom is -0.491 e. The molecule has 144 valence electrons. The van der Waals surface area contributed by atoms with Crippen LogP contribution in [0.2, 0.25) is 0 Å². The Morgan fingerprint density at radius 2 is 2.07 bits per heavy atom. The fraction of sp³-hybridized carbons (Fsp3) is 0.409. The molecule has 0 bridgehead atoms. The molecule has 0 aliphatic carbocycles. The number of amides is 1. The molecule has 1 atom stereocenters. The normalized spacial score (nSPS) is 16.3. The summed E-state index contributed by atoms with van der Waals surface area (Å²) >= 11 is 0. The van der Waals surface area contributed by atoms with Gasteiger partial charge in [-0.2, -0.15) is 0 Å². The lowest BCUT2D eigenvalue weighted by atomic mass is 9.94. The van der Waals surface area contributed by atoms with E-state index in [9.17, 15) is 4.79 Å². The lowest BCUT2D eigenvalue weighted by molar-refractivity contribution is 0.0949. The van der Waals surface area contributed by atoms with E-state index < -0.39 is 0 Å². The van der Waals surface area contributed by atoms with Crippen molar-refractivity contribution in [1.82, 2.24) is 10.6 Å². The number of methoxy groups -OCH3 is 1. The number of nitrogens with one attached hydrogen (secondary N) is 2. The van der Waals surface area contributed by atoms with Gasteiger partial charge in [-0.15, -0.1) is 0 Å². The van der Waals surface area contributed by atoms with Gasteiger partial charge in [0.25, 0.3) is 5.91 Å². The molecule has 0 spiro atoms. The zero-order valence-corrected chi connectivity index (χ0v) is 15.9. The van der Waals surface area contributed by atoms with Gasteiger partial charge in [0.1, 0.15) is 12.4 Å². The minimum atomic E-state index is -0.0257. The summed E-state index contributed by atoms with van der Waals surface area (Å²) in [5, 5.41) is 6.43. The number of rotatable bonds is 9. The molecule has 2 aromatic carbocycles. The highest BCUT2D eigenvalue weighted by Crippen LogP contribution is 2.19. The van der Waals surface area contributed by atoms with Gasteiger partial charge in [0.2, 0.25) is 0 Å². The van der Waals surface area contributed by atoms with Crippen molar-refractivity contribution in [1.29, 1.82) is 0 Å². The van der Waals surface area contributed by atoms with Gasteiger partial charge in [0.05, 0.1) is 6.61 Å². The first-order valence-electron chi connectivity index (χ1n) is 9.54. The smallest absolute Gasteiger partial charge is 0.251 e. The van der Waals surface area contributed by atoms with Gasteiger partial charge in [-0.05, 0) is 61.2 Å². The van der Waals surface area contributed by atoms with E-state index in [1.54, 1.807) is 7.11 Å². The quantitative estimate of drug-likeness (QED) is 0.668. The zero-order valence-electron chi connectivity index (χ0n) is 15.9. The van der Waals surface area contributed by atoms with Crippen LogP contribution in [0.4, 0.5) is 0 Å². The molecule has 5 nitrogen and oxygen atoms in total. The molecule has 2 N–H and O–H groups in total. The van der Waals surface area contributed by atoms with Crippen LogP contribution in [0.15, 0.2) is 48.5 Å². The Bertz CT molecular complexity index is 742. The van der Waals surface area contributed by atoms with E-state index in [4.69, 9.17) is 9.47 Å².